The summed E-state index contributed by atoms with van der Waals surface area (Å²) >= 11 is 2.79. The molecule has 0 unspecified atom stereocenters. The van der Waals surface area contributed by atoms with Crippen molar-refractivity contribution in [3.8, 4) is 11.5 Å². The van der Waals surface area contributed by atoms with Crippen LogP contribution in [0.2, 0.25) is 0 Å². The zero-order chi connectivity index (χ0) is 13.9. The minimum absolute atomic E-state index is 0.239. The Hall–Kier alpha value is -0.810. The van der Waals surface area contributed by atoms with Gasteiger partial charge in [-0.2, -0.15) is 0 Å². The van der Waals surface area contributed by atoms with E-state index in [4.69, 9.17) is 0 Å². The molecule has 0 bridgehead atoms. The van der Waals surface area contributed by atoms with Crippen LogP contribution >= 0.6 is 23.5 Å². The van der Waals surface area contributed by atoms with Gasteiger partial charge in [-0.3, -0.25) is 4.79 Å². The van der Waals surface area contributed by atoms with Crippen LogP contribution in [0.25, 0.3) is 0 Å². The minimum atomic E-state index is -0.564. The summed E-state index contributed by atoms with van der Waals surface area (Å²) in [6.07, 6.45) is 0. The quantitative estimate of drug-likeness (QED) is 0.830. The number of rotatable bonds is 4. The average molecular weight is 286 g/mol. The Labute approximate surface area is 116 Å². The molecular formula is C13H18O3S2. The summed E-state index contributed by atoms with van der Waals surface area (Å²) in [6, 6.07) is 3.35. The van der Waals surface area contributed by atoms with Crippen LogP contribution in [0.4, 0.5) is 0 Å². The van der Waals surface area contributed by atoms with Crippen molar-refractivity contribution in [2.75, 3.05) is 0 Å². The third-order valence-electron chi connectivity index (χ3n) is 2.01. The lowest BCUT2D eigenvalue weighted by molar-refractivity contribution is 0.393. The molecule has 18 heavy (non-hydrogen) atoms. The normalized spacial score (nSPS) is 11.2. The van der Waals surface area contributed by atoms with E-state index in [1.54, 1.807) is 12.1 Å². The molecule has 1 rings (SSSR count). The van der Waals surface area contributed by atoms with Crippen LogP contribution in [0.5, 0.6) is 11.5 Å². The van der Waals surface area contributed by atoms with Crippen molar-refractivity contribution >= 4 is 23.5 Å². The maximum absolute atomic E-state index is 11.9. The number of aromatic hydroxyl groups is 2. The Balaban J connectivity index is 3.34. The largest absolute Gasteiger partial charge is 0.503 e. The van der Waals surface area contributed by atoms with E-state index in [0.29, 0.717) is 9.79 Å². The third-order valence-corrected chi connectivity index (χ3v) is 4.11. The summed E-state index contributed by atoms with van der Waals surface area (Å²) in [7, 11) is 0. The van der Waals surface area contributed by atoms with Gasteiger partial charge in [-0.05, 0) is 12.1 Å². The van der Waals surface area contributed by atoms with Crippen molar-refractivity contribution < 1.29 is 10.2 Å². The highest BCUT2D eigenvalue weighted by molar-refractivity contribution is 8.00. The molecule has 0 saturated heterocycles. The lowest BCUT2D eigenvalue weighted by Crippen LogP contribution is -2.01. The fraction of sp³-hybridized carbons (Fsp3) is 0.462. The maximum Gasteiger partial charge on any atom is 0.237 e. The lowest BCUT2D eigenvalue weighted by Gasteiger charge is -2.04. The van der Waals surface area contributed by atoms with Crippen molar-refractivity contribution in [3.05, 3.63) is 22.4 Å². The van der Waals surface area contributed by atoms with Gasteiger partial charge in [-0.1, -0.05) is 27.7 Å². The standard InChI is InChI=1S/C13H18O3S2/c1-7(2)17-9-5-6-10(18-8(3)4)12(15)13(16)11(9)14/h5-8H,1-4H3,(H2,14,15,16). The molecule has 3 nitrogen and oxygen atoms in total. The van der Waals surface area contributed by atoms with E-state index >= 15 is 0 Å². The predicted octanol–water partition coefficient (Wildman–Crippen LogP) is 3.46. The highest BCUT2D eigenvalue weighted by atomic mass is 32.2. The molecule has 5 heteroatoms. The monoisotopic (exact) mass is 286 g/mol. The highest BCUT2D eigenvalue weighted by Gasteiger charge is 2.14. The van der Waals surface area contributed by atoms with Crippen LogP contribution in [0.3, 0.4) is 0 Å². The first kappa shape index (κ1) is 15.2. The van der Waals surface area contributed by atoms with Gasteiger partial charge in [0.1, 0.15) is 0 Å². The minimum Gasteiger partial charge on any atom is -0.503 e. The molecule has 0 atom stereocenters. The fourth-order valence-electron chi connectivity index (χ4n) is 1.34. The van der Waals surface area contributed by atoms with E-state index < -0.39 is 11.2 Å². The van der Waals surface area contributed by atoms with Gasteiger partial charge in [0.05, 0.1) is 9.79 Å². The van der Waals surface area contributed by atoms with E-state index in [1.165, 1.54) is 23.5 Å². The molecule has 0 aromatic heterocycles. The molecule has 0 aliphatic rings. The Bertz CT molecular complexity index is 484. The zero-order valence-electron chi connectivity index (χ0n) is 10.9. The van der Waals surface area contributed by atoms with Crippen LogP contribution in [-0.2, 0) is 0 Å². The first-order valence-corrected chi connectivity index (χ1v) is 7.51. The second-order valence-corrected chi connectivity index (χ2v) is 7.66. The molecule has 100 valence electrons. The first-order valence-electron chi connectivity index (χ1n) is 5.75. The highest BCUT2D eigenvalue weighted by Crippen LogP contribution is 2.36. The van der Waals surface area contributed by atoms with Crippen molar-refractivity contribution in [1.29, 1.82) is 0 Å². The summed E-state index contributed by atoms with van der Waals surface area (Å²) in [4.78, 5) is 12.9. The van der Waals surface area contributed by atoms with E-state index in [1.807, 2.05) is 27.7 Å². The van der Waals surface area contributed by atoms with Crippen LogP contribution in [0.15, 0.2) is 26.7 Å². The molecule has 0 saturated carbocycles. The average Bonchev–Trinajstić information content (AvgIpc) is 2.35. The van der Waals surface area contributed by atoms with Gasteiger partial charge in [0, 0.05) is 10.5 Å². The van der Waals surface area contributed by atoms with Crippen molar-refractivity contribution in [1.82, 2.24) is 0 Å². The molecular weight excluding hydrogens is 268 g/mol. The van der Waals surface area contributed by atoms with Crippen LogP contribution in [-0.4, -0.2) is 20.7 Å². The van der Waals surface area contributed by atoms with Crippen LogP contribution in [0.1, 0.15) is 27.7 Å². The molecule has 2 N–H and O–H groups in total. The summed E-state index contributed by atoms with van der Waals surface area (Å²) in [5.41, 5.74) is -0.512. The van der Waals surface area contributed by atoms with E-state index in [9.17, 15) is 15.0 Å². The Morgan fingerprint density at radius 3 is 1.83 bits per heavy atom. The van der Waals surface area contributed by atoms with Gasteiger partial charge in [0.25, 0.3) is 0 Å². The number of hydrogen-bond acceptors (Lipinski definition) is 5. The molecule has 0 spiro atoms. The topological polar surface area (TPSA) is 57.5 Å². The zero-order valence-corrected chi connectivity index (χ0v) is 12.6. The summed E-state index contributed by atoms with van der Waals surface area (Å²) in [5.74, 6) is -0.888. The second-order valence-electron chi connectivity index (χ2n) is 4.42. The third kappa shape index (κ3) is 3.85. The van der Waals surface area contributed by atoms with Gasteiger partial charge < -0.3 is 10.2 Å². The van der Waals surface area contributed by atoms with Gasteiger partial charge in [0.2, 0.25) is 11.2 Å². The molecule has 0 heterocycles. The Morgan fingerprint density at radius 2 is 1.33 bits per heavy atom. The van der Waals surface area contributed by atoms with E-state index in [2.05, 4.69) is 0 Å². The van der Waals surface area contributed by atoms with Crippen molar-refractivity contribution in [2.24, 2.45) is 0 Å². The molecule has 1 aromatic carbocycles. The van der Waals surface area contributed by atoms with Gasteiger partial charge in [0.15, 0.2) is 5.75 Å². The molecule has 0 radical (unpaired) electrons. The smallest absolute Gasteiger partial charge is 0.237 e. The fourth-order valence-corrected chi connectivity index (χ4v) is 3.06. The van der Waals surface area contributed by atoms with Gasteiger partial charge in [-0.15, -0.1) is 23.5 Å². The van der Waals surface area contributed by atoms with Crippen molar-refractivity contribution in [3.63, 3.8) is 0 Å². The van der Waals surface area contributed by atoms with E-state index in [-0.39, 0.29) is 16.2 Å². The van der Waals surface area contributed by atoms with Gasteiger partial charge >= 0.3 is 0 Å². The summed E-state index contributed by atoms with van der Waals surface area (Å²) in [6.45, 7) is 7.90. The Kier molecular flexibility index (Phi) is 5.41. The first-order chi connectivity index (χ1) is 8.32. The van der Waals surface area contributed by atoms with Crippen molar-refractivity contribution in [2.45, 2.75) is 48.0 Å². The Morgan fingerprint density at radius 1 is 0.889 bits per heavy atom. The second kappa shape index (κ2) is 6.38. The number of thioether (sulfide) groups is 2. The molecule has 0 fully saturated rings. The predicted molar refractivity (Wildman–Crippen MR) is 78.0 cm³/mol. The van der Waals surface area contributed by atoms with Crippen LogP contribution in [0, 0.1) is 0 Å². The molecule has 0 aliphatic heterocycles. The van der Waals surface area contributed by atoms with E-state index in [0.717, 1.165) is 0 Å². The molecule has 0 aliphatic carbocycles. The van der Waals surface area contributed by atoms with Crippen LogP contribution < -0.4 is 5.43 Å². The van der Waals surface area contributed by atoms with Gasteiger partial charge in [-0.25, -0.2) is 0 Å². The molecule has 0 amide bonds. The lowest BCUT2D eigenvalue weighted by atomic mass is 10.4. The summed E-state index contributed by atoms with van der Waals surface area (Å²) in [5, 5.41) is 20.1. The maximum atomic E-state index is 11.9. The summed E-state index contributed by atoms with van der Waals surface area (Å²) < 4.78 is 0. The SMILES string of the molecule is CC(C)Sc1ccc(SC(C)C)c(=O)c(O)c1O. The number of hydrogen-bond donors (Lipinski definition) is 2. The molecule has 1 aromatic rings.